The minimum atomic E-state index is 0.606. The van der Waals surface area contributed by atoms with Crippen LogP contribution >= 0.6 is 0 Å². The summed E-state index contributed by atoms with van der Waals surface area (Å²) in [6.45, 7) is 0. The molecule has 0 atom stereocenters. The van der Waals surface area contributed by atoms with Crippen molar-refractivity contribution in [1.29, 1.82) is 0 Å². The lowest BCUT2D eigenvalue weighted by Crippen LogP contribution is -2.01. The highest BCUT2D eigenvalue weighted by Crippen LogP contribution is 2.41. The minimum Gasteiger partial charge on any atom is -0.455 e. The molecule has 0 saturated heterocycles. The SMILES string of the molecule is c1ccc(-c2nc(-c3cc4ccccc4c4ccccc34)nc(-c3cccc4oc5c(-c6ccccc6)cccc5c34)n2)cc1. The Morgan fingerprint density at radius 3 is 1.76 bits per heavy atom. The lowest BCUT2D eigenvalue weighted by atomic mass is 9.96. The van der Waals surface area contributed by atoms with Crippen LogP contribution < -0.4 is 0 Å². The van der Waals surface area contributed by atoms with E-state index in [1.165, 1.54) is 10.8 Å². The van der Waals surface area contributed by atoms with Gasteiger partial charge in [0, 0.05) is 33.0 Å². The predicted octanol–water partition coefficient (Wildman–Crippen LogP) is 10.7. The van der Waals surface area contributed by atoms with Crippen LogP contribution in [-0.4, -0.2) is 15.0 Å². The molecule has 0 radical (unpaired) electrons. The highest BCUT2D eigenvalue weighted by molar-refractivity contribution is 6.15. The van der Waals surface area contributed by atoms with E-state index in [0.29, 0.717) is 17.5 Å². The molecule has 2 heterocycles. The molecule has 0 aliphatic heterocycles. The molecule has 210 valence electrons. The molecule has 4 heteroatoms. The normalized spacial score (nSPS) is 11.6. The van der Waals surface area contributed by atoms with Crippen molar-refractivity contribution in [3.63, 3.8) is 0 Å². The molecule has 0 amide bonds. The van der Waals surface area contributed by atoms with Crippen LogP contribution in [0.2, 0.25) is 0 Å². The standard InChI is InChI=1S/C41H25N3O/c1-3-13-26(14-4-1)30-21-11-22-33-37-34(23-12-24-36(37)45-38(30)33)40-42-39(27-15-5-2-6-16-27)43-41(44-40)35-25-28-17-7-8-18-29(28)31-19-9-10-20-32(31)35/h1-25H. The summed E-state index contributed by atoms with van der Waals surface area (Å²) in [6, 6.07) is 52.1. The summed E-state index contributed by atoms with van der Waals surface area (Å²) < 4.78 is 6.56. The van der Waals surface area contributed by atoms with Crippen molar-refractivity contribution < 1.29 is 4.42 Å². The Kier molecular flexibility index (Phi) is 5.78. The van der Waals surface area contributed by atoms with Crippen molar-refractivity contribution in [3.05, 3.63) is 152 Å². The van der Waals surface area contributed by atoms with E-state index in [0.717, 1.165) is 60.5 Å². The van der Waals surface area contributed by atoms with Gasteiger partial charge in [-0.3, -0.25) is 0 Å². The smallest absolute Gasteiger partial charge is 0.164 e. The number of benzene rings is 7. The number of para-hydroxylation sites is 1. The first-order valence-corrected chi connectivity index (χ1v) is 15.0. The van der Waals surface area contributed by atoms with Crippen LogP contribution in [0.3, 0.4) is 0 Å². The van der Waals surface area contributed by atoms with Crippen molar-refractivity contribution in [3.8, 4) is 45.3 Å². The highest BCUT2D eigenvalue weighted by Gasteiger charge is 2.20. The second kappa shape index (κ2) is 10.2. The van der Waals surface area contributed by atoms with Crippen molar-refractivity contribution in [2.24, 2.45) is 0 Å². The Morgan fingerprint density at radius 2 is 0.956 bits per heavy atom. The Bertz CT molecular complexity index is 2540. The molecular formula is C41H25N3O. The predicted molar refractivity (Wildman–Crippen MR) is 184 cm³/mol. The third-order valence-corrected chi connectivity index (χ3v) is 8.52. The van der Waals surface area contributed by atoms with E-state index in [1.54, 1.807) is 0 Å². The number of aromatic nitrogens is 3. The molecule has 0 fully saturated rings. The molecule has 4 nitrogen and oxygen atoms in total. The van der Waals surface area contributed by atoms with E-state index in [9.17, 15) is 0 Å². The summed E-state index contributed by atoms with van der Waals surface area (Å²) in [5.74, 6) is 1.87. The molecular weight excluding hydrogens is 550 g/mol. The van der Waals surface area contributed by atoms with E-state index in [-0.39, 0.29) is 0 Å². The first kappa shape index (κ1) is 25.4. The Morgan fingerprint density at radius 1 is 0.378 bits per heavy atom. The molecule has 0 bridgehead atoms. The molecule has 0 unspecified atom stereocenters. The minimum absolute atomic E-state index is 0.606. The van der Waals surface area contributed by atoms with E-state index in [4.69, 9.17) is 19.4 Å². The van der Waals surface area contributed by atoms with E-state index in [1.807, 2.05) is 48.5 Å². The second-order valence-corrected chi connectivity index (χ2v) is 11.2. The van der Waals surface area contributed by atoms with Crippen molar-refractivity contribution in [2.75, 3.05) is 0 Å². The molecule has 0 spiro atoms. The van der Waals surface area contributed by atoms with Gasteiger partial charge in [0.2, 0.25) is 0 Å². The Balaban J connectivity index is 1.34. The maximum absolute atomic E-state index is 6.56. The van der Waals surface area contributed by atoms with Gasteiger partial charge in [0.05, 0.1) is 0 Å². The first-order valence-electron chi connectivity index (χ1n) is 15.0. The van der Waals surface area contributed by atoms with Crippen molar-refractivity contribution >= 4 is 43.5 Å². The van der Waals surface area contributed by atoms with Crippen LogP contribution in [0.1, 0.15) is 0 Å². The molecule has 9 aromatic rings. The number of nitrogens with zero attached hydrogens (tertiary/aromatic N) is 3. The molecule has 0 N–H and O–H groups in total. The van der Waals surface area contributed by atoms with E-state index >= 15 is 0 Å². The van der Waals surface area contributed by atoms with Crippen LogP contribution in [0.4, 0.5) is 0 Å². The summed E-state index contributed by atoms with van der Waals surface area (Å²) in [4.78, 5) is 15.4. The molecule has 0 saturated carbocycles. The number of rotatable bonds is 4. The second-order valence-electron chi connectivity index (χ2n) is 11.2. The number of hydrogen-bond acceptors (Lipinski definition) is 4. The van der Waals surface area contributed by atoms with Crippen LogP contribution in [0.5, 0.6) is 0 Å². The average molecular weight is 576 g/mol. The number of furan rings is 1. The first-order chi connectivity index (χ1) is 22.3. The molecule has 0 aliphatic carbocycles. The lowest BCUT2D eigenvalue weighted by molar-refractivity contribution is 0.670. The maximum atomic E-state index is 6.56. The highest BCUT2D eigenvalue weighted by atomic mass is 16.3. The van der Waals surface area contributed by atoms with Crippen LogP contribution in [-0.2, 0) is 0 Å². The maximum Gasteiger partial charge on any atom is 0.164 e. The zero-order valence-corrected chi connectivity index (χ0v) is 24.2. The summed E-state index contributed by atoms with van der Waals surface area (Å²) in [5.41, 5.74) is 6.63. The topological polar surface area (TPSA) is 51.8 Å². The summed E-state index contributed by atoms with van der Waals surface area (Å²) in [5, 5.41) is 6.65. The number of fused-ring (bicyclic) bond motifs is 6. The Hall–Kier alpha value is -6.13. The van der Waals surface area contributed by atoms with Gasteiger partial charge in [-0.15, -0.1) is 0 Å². The molecule has 7 aromatic carbocycles. The van der Waals surface area contributed by atoms with Crippen LogP contribution in [0, 0.1) is 0 Å². The van der Waals surface area contributed by atoms with E-state index in [2.05, 4.69) is 103 Å². The molecule has 2 aromatic heterocycles. The molecule has 9 rings (SSSR count). The monoisotopic (exact) mass is 575 g/mol. The van der Waals surface area contributed by atoms with Gasteiger partial charge in [0.15, 0.2) is 17.5 Å². The van der Waals surface area contributed by atoms with Gasteiger partial charge in [-0.1, -0.05) is 140 Å². The Labute approximate surface area is 259 Å². The number of hydrogen-bond donors (Lipinski definition) is 0. The lowest BCUT2D eigenvalue weighted by Gasteiger charge is -2.12. The third kappa shape index (κ3) is 4.19. The zero-order valence-electron chi connectivity index (χ0n) is 24.2. The van der Waals surface area contributed by atoms with E-state index < -0.39 is 0 Å². The quantitative estimate of drug-likeness (QED) is 0.196. The van der Waals surface area contributed by atoms with Gasteiger partial charge in [0.25, 0.3) is 0 Å². The third-order valence-electron chi connectivity index (χ3n) is 8.52. The van der Waals surface area contributed by atoms with Crippen molar-refractivity contribution in [1.82, 2.24) is 15.0 Å². The van der Waals surface area contributed by atoms with Crippen LogP contribution in [0.15, 0.2) is 156 Å². The fourth-order valence-electron chi connectivity index (χ4n) is 6.45. The van der Waals surface area contributed by atoms with Gasteiger partial charge < -0.3 is 4.42 Å². The summed E-state index contributed by atoms with van der Waals surface area (Å²) in [6.07, 6.45) is 0. The summed E-state index contributed by atoms with van der Waals surface area (Å²) in [7, 11) is 0. The fraction of sp³-hybridized carbons (Fsp3) is 0. The van der Waals surface area contributed by atoms with Gasteiger partial charge in [-0.25, -0.2) is 15.0 Å². The largest absolute Gasteiger partial charge is 0.455 e. The van der Waals surface area contributed by atoms with Gasteiger partial charge in [-0.05, 0) is 39.2 Å². The zero-order chi connectivity index (χ0) is 29.7. The molecule has 45 heavy (non-hydrogen) atoms. The fourth-order valence-corrected chi connectivity index (χ4v) is 6.45. The van der Waals surface area contributed by atoms with Gasteiger partial charge in [0.1, 0.15) is 11.2 Å². The van der Waals surface area contributed by atoms with Gasteiger partial charge in [-0.2, -0.15) is 0 Å². The summed E-state index contributed by atoms with van der Waals surface area (Å²) >= 11 is 0. The van der Waals surface area contributed by atoms with Crippen molar-refractivity contribution in [2.45, 2.75) is 0 Å². The van der Waals surface area contributed by atoms with Crippen LogP contribution in [0.25, 0.3) is 88.8 Å². The average Bonchev–Trinajstić information content (AvgIpc) is 3.51. The molecule has 0 aliphatic rings. The van der Waals surface area contributed by atoms with Gasteiger partial charge >= 0.3 is 0 Å².